The Hall–Kier alpha value is -2.08. The third-order valence-corrected chi connectivity index (χ3v) is 4.51. The highest BCUT2D eigenvalue weighted by Gasteiger charge is 2.07. The number of furan rings is 1. The van der Waals surface area contributed by atoms with Crippen LogP contribution in [0.15, 0.2) is 68.6 Å². The van der Waals surface area contributed by atoms with Gasteiger partial charge in [0.25, 0.3) is 5.91 Å². The van der Waals surface area contributed by atoms with Crippen molar-refractivity contribution in [2.75, 3.05) is 0 Å². The molecule has 0 spiro atoms. The highest BCUT2D eigenvalue weighted by atomic mass is 79.9. The molecule has 0 bridgehead atoms. The van der Waals surface area contributed by atoms with E-state index in [9.17, 15) is 4.79 Å². The molecule has 1 aromatic heterocycles. The first kappa shape index (κ1) is 17.7. The van der Waals surface area contributed by atoms with Crippen LogP contribution in [0, 0.1) is 0 Å². The summed E-state index contributed by atoms with van der Waals surface area (Å²) in [6, 6.07) is 15.8. The molecule has 1 N–H and O–H groups in total. The number of carbonyl (C=O) groups excluding carboxylic acids is 1. The second-order valence-electron chi connectivity index (χ2n) is 5.04. The Morgan fingerprint density at radius 3 is 2.68 bits per heavy atom. The molecular weight excluding hydrogens is 427 g/mol. The molecule has 1 amide bonds. The summed E-state index contributed by atoms with van der Waals surface area (Å²) in [6.07, 6.45) is 1.43. The average molecular weight is 438 g/mol. The van der Waals surface area contributed by atoms with E-state index in [0.29, 0.717) is 27.1 Å². The summed E-state index contributed by atoms with van der Waals surface area (Å²) in [6.45, 7) is 0. The van der Waals surface area contributed by atoms with E-state index in [4.69, 9.17) is 27.6 Å². The fourth-order valence-electron chi connectivity index (χ4n) is 2.08. The predicted octanol–water partition coefficient (Wildman–Crippen LogP) is 5.78. The third-order valence-electron chi connectivity index (χ3n) is 3.28. The van der Waals surface area contributed by atoms with E-state index < -0.39 is 0 Å². The Morgan fingerprint density at radius 1 is 1.08 bits per heavy atom. The minimum atomic E-state index is -0.311. The van der Waals surface area contributed by atoms with Gasteiger partial charge in [0.1, 0.15) is 11.5 Å². The van der Waals surface area contributed by atoms with E-state index in [1.54, 1.807) is 42.5 Å². The third kappa shape index (κ3) is 4.51. The van der Waals surface area contributed by atoms with Crippen molar-refractivity contribution in [3.63, 3.8) is 0 Å². The lowest BCUT2D eigenvalue weighted by Gasteiger charge is -2.00. The van der Waals surface area contributed by atoms with Crippen molar-refractivity contribution in [1.29, 1.82) is 0 Å². The van der Waals surface area contributed by atoms with Gasteiger partial charge in [-0.15, -0.1) is 0 Å². The fraction of sp³-hybridized carbons (Fsp3) is 0. The van der Waals surface area contributed by atoms with Crippen LogP contribution in [0.1, 0.15) is 16.1 Å². The summed E-state index contributed by atoms with van der Waals surface area (Å²) in [4.78, 5) is 12.0. The quantitative estimate of drug-likeness (QED) is 0.415. The van der Waals surface area contributed by atoms with Crippen molar-refractivity contribution >= 4 is 51.3 Å². The Balaban J connectivity index is 1.67. The minimum Gasteiger partial charge on any atom is -0.455 e. The molecule has 2 aromatic carbocycles. The maximum absolute atomic E-state index is 12.0. The molecule has 0 saturated heterocycles. The van der Waals surface area contributed by atoms with Crippen LogP contribution in [0.2, 0.25) is 10.0 Å². The van der Waals surface area contributed by atoms with Gasteiger partial charge in [0, 0.05) is 15.6 Å². The highest BCUT2D eigenvalue weighted by molar-refractivity contribution is 9.10. The number of carbonyl (C=O) groups is 1. The van der Waals surface area contributed by atoms with E-state index in [1.807, 2.05) is 12.1 Å². The number of halogens is 3. The molecule has 0 aliphatic carbocycles. The topological polar surface area (TPSA) is 54.6 Å². The van der Waals surface area contributed by atoms with E-state index >= 15 is 0 Å². The number of nitrogens with one attached hydrogen (secondary N) is 1. The van der Waals surface area contributed by atoms with E-state index in [0.717, 1.165) is 10.0 Å². The monoisotopic (exact) mass is 436 g/mol. The molecule has 3 rings (SSSR count). The fourth-order valence-corrected chi connectivity index (χ4v) is 2.77. The largest absolute Gasteiger partial charge is 0.455 e. The zero-order chi connectivity index (χ0) is 17.8. The molecule has 0 radical (unpaired) electrons. The summed E-state index contributed by atoms with van der Waals surface area (Å²) in [7, 11) is 0. The van der Waals surface area contributed by atoms with Crippen LogP contribution in [0.5, 0.6) is 0 Å². The number of rotatable bonds is 4. The van der Waals surface area contributed by atoms with Crippen LogP contribution < -0.4 is 5.43 Å². The smallest absolute Gasteiger partial charge is 0.271 e. The first-order valence-electron chi connectivity index (χ1n) is 7.17. The summed E-state index contributed by atoms with van der Waals surface area (Å²) >= 11 is 15.2. The molecule has 0 saturated carbocycles. The van der Waals surface area contributed by atoms with Crippen LogP contribution in [0.3, 0.4) is 0 Å². The van der Waals surface area contributed by atoms with Crippen molar-refractivity contribution in [3.05, 3.63) is 80.4 Å². The Kier molecular flexibility index (Phi) is 5.58. The normalized spacial score (nSPS) is 11.0. The molecule has 0 unspecified atom stereocenters. The molecule has 0 aliphatic rings. The Bertz CT molecular complexity index is 954. The molecule has 0 aliphatic heterocycles. The molecule has 3 aromatic rings. The molecule has 1 heterocycles. The minimum absolute atomic E-state index is 0.311. The van der Waals surface area contributed by atoms with Gasteiger partial charge in [0.15, 0.2) is 0 Å². The summed E-state index contributed by atoms with van der Waals surface area (Å²) < 4.78 is 6.48. The van der Waals surface area contributed by atoms with Gasteiger partial charge >= 0.3 is 0 Å². The van der Waals surface area contributed by atoms with Crippen LogP contribution in [-0.4, -0.2) is 12.1 Å². The Labute approximate surface area is 162 Å². The molecule has 126 valence electrons. The van der Waals surface area contributed by atoms with Gasteiger partial charge < -0.3 is 4.42 Å². The van der Waals surface area contributed by atoms with Crippen LogP contribution in [0.25, 0.3) is 11.3 Å². The summed E-state index contributed by atoms with van der Waals surface area (Å²) in [5, 5.41) is 4.84. The number of nitrogens with zero attached hydrogens (tertiary/aromatic N) is 1. The van der Waals surface area contributed by atoms with Gasteiger partial charge in [-0.3, -0.25) is 4.79 Å². The summed E-state index contributed by atoms with van der Waals surface area (Å²) in [5.41, 5.74) is 3.75. The standard InChI is InChI=1S/C18H11BrCl2N2O2/c19-13-3-1-2-12(8-13)18(24)23-22-10-14-5-7-17(25-14)11-4-6-15(20)16(21)9-11/h1-10H,(H,23,24)/b22-10+. The van der Waals surface area contributed by atoms with E-state index in [2.05, 4.69) is 26.5 Å². The van der Waals surface area contributed by atoms with Gasteiger partial charge in [-0.2, -0.15) is 5.10 Å². The van der Waals surface area contributed by atoms with Crippen molar-refractivity contribution in [2.24, 2.45) is 5.10 Å². The number of hydrogen-bond acceptors (Lipinski definition) is 3. The van der Waals surface area contributed by atoms with Gasteiger partial charge in [-0.25, -0.2) is 5.43 Å². The van der Waals surface area contributed by atoms with Crippen molar-refractivity contribution in [1.82, 2.24) is 5.43 Å². The molecule has 25 heavy (non-hydrogen) atoms. The molecular formula is C18H11BrCl2N2O2. The summed E-state index contributed by atoms with van der Waals surface area (Å²) in [5.74, 6) is 0.808. The van der Waals surface area contributed by atoms with Crippen molar-refractivity contribution in [3.8, 4) is 11.3 Å². The molecule has 7 heteroatoms. The zero-order valence-electron chi connectivity index (χ0n) is 12.7. The second kappa shape index (κ2) is 7.87. The van der Waals surface area contributed by atoms with Crippen molar-refractivity contribution < 1.29 is 9.21 Å². The van der Waals surface area contributed by atoms with Gasteiger partial charge in [-0.05, 0) is 48.5 Å². The first-order chi connectivity index (χ1) is 12.0. The SMILES string of the molecule is O=C(N/N=C/c1ccc(-c2ccc(Cl)c(Cl)c2)o1)c1cccc(Br)c1. The number of hydrazone groups is 1. The first-order valence-corrected chi connectivity index (χ1v) is 8.72. The van der Waals surface area contributed by atoms with Gasteiger partial charge in [-0.1, -0.05) is 45.2 Å². The molecule has 0 fully saturated rings. The predicted molar refractivity (Wildman–Crippen MR) is 103 cm³/mol. The van der Waals surface area contributed by atoms with E-state index in [-0.39, 0.29) is 5.91 Å². The lowest BCUT2D eigenvalue weighted by molar-refractivity contribution is 0.0955. The van der Waals surface area contributed by atoms with Crippen LogP contribution >= 0.6 is 39.1 Å². The lowest BCUT2D eigenvalue weighted by atomic mass is 10.2. The zero-order valence-corrected chi connectivity index (χ0v) is 15.8. The average Bonchev–Trinajstić information content (AvgIpc) is 3.06. The van der Waals surface area contributed by atoms with Crippen LogP contribution in [-0.2, 0) is 0 Å². The van der Waals surface area contributed by atoms with Gasteiger partial charge in [0.2, 0.25) is 0 Å². The molecule has 0 atom stereocenters. The maximum Gasteiger partial charge on any atom is 0.271 e. The maximum atomic E-state index is 12.0. The second-order valence-corrected chi connectivity index (χ2v) is 6.77. The number of hydrogen-bond donors (Lipinski definition) is 1. The highest BCUT2D eigenvalue weighted by Crippen LogP contribution is 2.29. The number of benzene rings is 2. The number of amides is 1. The van der Waals surface area contributed by atoms with Crippen molar-refractivity contribution in [2.45, 2.75) is 0 Å². The van der Waals surface area contributed by atoms with Crippen LogP contribution in [0.4, 0.5) is 0 Å². The van der Waals surface area contributed by atoms with Gasteiger partial charge in [0.05, 0.1) is 16.3 Å². The van der Waals surface area contributed by atoms with E-state index in [1.165, 1.54) is 6.21 Å². The lowest BCUT2D eigenvalue weighted by Crippen LogP contribution is -2.17. The Morgan fingerprint density at radius 2 is 1.92 bits per heavy atom. The molecule has 4 nitrogen and oxygen atoms in total.